The molecule has 1 rings (SSSR count). The average Bonchev–Trinajstić information content (AvgIpc) is 2.09. The van der Waals surface area contributed by atoms with Crippen molar-refractivity contribution < 1.29 is 0 Å². The first-order chi connectivity index (χ1) is 5.38. The van der Waals surface area contributed by atoms with Gasteiger partial charge in [0.05, 0.1) is 0 Å². The summed E-state index contributed by atoms with van der Waals surface area (Å²) < 4.78 is 0. The molecule has 11 heavy (non-hydrogen) atoms. The molecule has 0 aliphatic heterocycles. The molecule has 0 atom stereocenters. The zero-order chi connectivity index (χ0) is 8.10. The number of nitrogens with one attached hydrogen (secondary N) is 2. The lowest BCUT2D eigenvalue weighted by Gasteiger charge is -2.11. The summed E-state index contributed by atoms with van der Waals surface area (Å²) in [4.78, 5) is 6.59. The molecule has 60 valence electrons. The van der Waals surface area contributed by atoms with Crippen molar-refractivity contribution in [3.63, 3.8) is 0 Å². The number of benzene rings is 1. The first-order valence-electron chi connectivity index (χ1n) is 3.78. The minimum atomic E-state index is -1.05. The first-order valence-corrected chi connectivity index (χ1v) is 5.51. The van der Waals surface area contributed by atoms with E-state index in [9.17, 15) is 0 Å². The van der Waals surface area contributed by atoms with E-state index in [1.807, 2.05) is 20.2 Å². The van der Waals surface area contributed by atoms with Gasteiger partial charge >= 0.3 is 0 Å². The van der Waals surface area contributed by atoms with E-state index >= 15 is 0 Å². The van der Waals surface area contributed by atoms with Gasteiger partial charge in [-0.25, -0.2) is 0 Å². The first kappa shape index (κ1) is 8.45. The van der Waals surface area contributed by atoms with Gasteiger partial charge in [-0.05, 0) is 19.3 Å². The third-order valence-electron chi connectivity index (χ3n) is 1.71. The Balaban J connectivity index is 2.74. The maximum Gasteiger partial charge on any atom is 0.217 e. The highest BCUT2D eigenvalue weighted by molar-refractivity contribution is 6.68. The topological polar surface area (TPSA) is 24.1 Å². The molecule has 0 unspecified atom stereocenters. The predicted octanol–water partition coefficient (Wildman–Crippen LogP) is -0.447. The molecule has 1 aromatic rings. The molecule has 2 N–H and O–H groups in total. The van der Waals surface area contributed by atoms with E-state index in [-0.39, 0.29) is 0 Å². The molecule has 0 bridgehead atoms. The van der Waals surface area contributed by atoms with Crippen molar-refractivity contribution in [3.8, 4) is 0 Å². The highest BCUT2D eigenvalue weighted by Crippen LogP contribution is 1.82. The van der Waals surface area contributed by atoms with E-state index in [1.54, 1.807) is 0 Å². The van der Waals surface area contributed by atoms with Crippen molar-refractivity contribution in [3.05, 3.63) is 30.3 Å². The van der Waals surface area contributed by atoms with Gasteiger partial charge in [0, 0.05) is 0 Å². The van der Waals surface area contributed by atoms with Crippen LogP contribution in [0.25, 0.3) is 0 Å². The van der Waals surface area contributed by atoms with Crippen LogP contribution in [0.3, 0.4) is 0 Å². The van der Waals surface area contributed by atoms with Gasteiger partial charge in [0.15, 0.2) is 0 Å². The molecule has 0 spiro atoms. The highest BCUT2D eigenvalue weighted by Gasteiger charge is 2.06. The maximum atomic E-state index is 3.30. The van der Waals surface area contributed by atoms with Crippen LogP contribution in [-0.2, 0) is 0 Å². The number of rotatable bonds is 3. The van der Waals surface area contributed by atoms with E-state index in [0.717, 1.165) is 0 Å². The van der Waals surface area contributed by atoms with Gasteiger partial charge in [-0.1, -0.05) is 30.3 Å². The van der Waals surface area contributed by atoms with E-state index in [4.69, 9.17) is 0 Å². The molecule has 1 aromatic carbocycles. The normalized spacial score (nSPS) is 10.5. The molecule has 0 amide bonds. The van der Waals surface area contributed by atoms with Crippen molar-refractivity contribution in [2.24, 2.45) is 0 Å². The lowest BCUT2D eigenvalue weighted by atomic mass is 10.4. The van der Waals surface area contributed by atoms with Crippen LogP contribution < -0.4 is 15.2 Å². The largest absolute Gasteiger partial charge is 0.327 e. The highest BCUT2D eigenvalue weighted by atomic mass is 28.3. The Morgan fingerprint density at radius 2 is 1.55 bits per heavy atom. The molecule has 0 saturated heterocycles. The summed E-state index contributed by atoms with van der Waals surface area (Å²) in [6.07, 6.45) is 0. The molecule has 0 saturated carbocycles. The molecule has 0 heterocycles. The zero-order valence-corrected chi connectivity index (χ0v) is 8.12. The SMILES string of the molecule is CN[SiH](NC)c1ccccc1. The van der Waals surface area contributed by atoms with Gasteiger partial charge in [-0.2, -0.15) is 0 Å². The maximum absolute atomic E-state index is 3.30. The third-order valence-corrected chi connectivity index (χ3v) is 3.92. The Bertz CT molecular complexity index is 197. The Morgan fingerprint density at radius 3 is 2.00 bits per heavy atom. The van der Waals surface area contributed by atoms with Gasteiger partial charge in [0.2, 0.25) is 9.12 Å². The van der Waals surface area contributed by atoms with E-state index in [0.29, 0.717) is 0 Å². The van der Waals surface area contributed by atoms with Crippen molar-refractivity contribution >= 4 is 14.3 Å². The Hall–Kier alpha value is -0.643. The smallest absolute Gasteiger partial charge is 0.217 e. The van der Waals surface area contributed by atoms with Crippen LogP contribution in [0.2, 0.25) is 0 Å². The fraction of sp³-hybridized carbons (Fsp3) is 0.250. The summed E-state index contributed by atoms with van der Waals surface area (Å²) in [6, 6.07) is 10.5. The van der Waals surface area contributed by atoms with Crippen molar-refractivity contribution in [2.75, 3.05) is 14.1 Å². The monoisotopic (exact) mass is 166 g/mol. The fourth-order valence-electron chi connectivity index (χ4n) is 1.12. The van der Waals surface area contributed by atoms with Gasteiger partial charge in [-0.15, -0.1) is 0 Å². The second-order valence-corrected chi connectivity index (χ2v) is 5.11. The van der Waals surface area contributed by atoms with E-state index in [2.05, 4.69) is 34.2 Å². The summed E-state index contributed by atoms with van der Waals surface area (Å²) in [5.41, 5.74) is 0. The second-order valence-electron chi connectivity index (χ2n) is 2.42. The predicted molar refractivity (Wildman–Crippen MR) is 51.3 cm³/mol. The minimum absolute atomic E-state index is 1.05. The lowest BCUT2D eigenvalue weighted by molar-refractivity contribution is 1.10. The van der Waals surface area contributed by atoms with Crippen LogP contribution in [0.15, 0.2) is 30.3 Å². The molecule has 3 heteroatoms. The molecule has 0 aromatic heterocycles. The van der Waals surface area contributed by atoms with Crippen LogP contribution in [0, 0.1) is 0 Å². The Morgan fingerprint density at radius 1 is 1.00 bits per heavy atom. The summed E-state index contributed by atoms with van der Waals surface area (Å²) in [7, 11) is 2.95. The standard InChI is InChI=1S/C8H14N2Si/c1-9-11(10-2)8-6-4-3-5-7-8/h3-7,9-11H,1-2H3. The summed E-state index contributed by atoms with van der Waals surface area (Å²) in [6.45, 7) is 0. The fourth-order valence-corrected chi connectivity index (χ4v) is 2.69. The summed E-state index contributed by atoms with van der Waals surface area (Å²) in [5.74, 6) is 0. The average molecular weight is 166 g/mol. The van der Waals surface area contributed by atoms with E-state index in [1.165, 1.54) is 5.19 Å². The quantitative estimate of drug-likeness (QED) is 0.595. The van der Waals surface area contributed by atoms with Crippen LogP contribution >= 0.6 is 0 Å². The van der Waals surface area contributed by atoms with Crippen LogP contribution in [-0.4, -0.2) is 23.2 Å². The van der Waals surface area contributed by atoms with Gasteiger partial charge in [0.25, 0.3) is 0 Å². The van der Waals surface area contributed by atoms with Crippen molar-refractivity contribution in [1.82, 2.24) is 9.96 Å². The molecule has 0 aliphatic rings. The van der Waals surface area contributed by atoms with Crippen LogP contribution in [0.4, 0.5) is 0 Å². The summed E-state index contributed by atoms with van der Waals surface area (Å²) >= 11 is 0. The Labute approximate surface area is 69.4 Å². The van der Waals surface area contributed by atoms with Gasteiger partial charge in [-0.3, -0.25) is 0 Å². The van der Waals surface area contributed by atoms with E-state index < -0.39 is 9.12 Å². The Kier molecular flexibility index (Phi) is 3.29. The van der Waals surface area contributed by atoms with Gasteiger partial charge in [0.1, 0.15) is 0 Å². The summed E-state index contributed by atoms with van der Waals surface area (Å²) in [5, 5.41) is 1.40. The van der Waals surface area contributed by atoms with Gasteiger partial charge < -0.3 is 9.96 Å². The van der Waals surface area contributed by atoms with Crippen molar-refractivity contribution in [1.29, 1.82) is 0 Å². The lowest BCUT2D eigenvalue weighted by Crippen LogP contribution is -2.53. The molecule has 0 aliphatic carbocycles. The molecule has 2 nitrogen and oxygen atoms in total. The minimum Gasteiger partial charge on any atom is -0.327 e. The van der Waals surface area contributed by atoms with Crippen LogP contribution in [0.1, 0.15) is 0 Å². The zero-order valence-electron chi connectivity index (χ0n) is 6.96. The number of hydrogen-bond acceptors (Lipinski definition) is 2. The van der Waals surface area contributed by atoms with Crippen LogP contribution in [0.5, 0.6) is 0 Å². The second kappa shape index (κ2) is 4.28. The molecule has 0 radical (unpaired) electrons. The number of hydrogen-bond donors (Lipinski definition) is 2. The third kappa shape index (κ3) is 2.15. The molecular formula is C8H14N2Si. The van der Waals surface area contributed by atoms with Crippen molar-refractivity contribution in [2.45, 2.75) is 0 Å². The molecular weight excluding hydrogens is 152 g/mol. The molecule has 0 fully saturated rings.